The number of piperidine rings is 1. The minimum absolute atomic E-state index is 0.0296. The number of rotatable bonds is 4. The van der Waals surface area contributed by atoms with Crippen LogP contribution in [0.5, 0.6) is 0 Å². The molecule has 1 aromatic heterocycles. The number of benzene rings is 3. The van der Waals surface area contributed by atoms with Crippen LogP contribution in [-0.4, -0.2) is 56.9 Å². The summed E-state index contributed by atoms with van der Waals surface area (Å²) < 4.78 is 3.54. The van der Waals surface area contributed by atoms with Gasteiger partial charge in [-0.15, -0.1) is 0 Å². The van der Waals surface area contributed by atoms with E-state index in [9.17, 15) is 14.4 Å². The monoisotopic (exact) mass is 488 g/mol. The molecule has 1 saturated heterocycles. The van der Waals surface area contributed by atoms with Crippen molar-refractivity contribution in [2.45, 2.75) is 18.9 Å². The van der Waals surface area contributed by atoms with Gasteiger partial charge in [0, 0.05) is 60.8 Å². The molecule has 0 radical (unpaired) electrons. The lowest BCUT2D eigenvalue weighted by molar-refractivity contribution is 0.0583. The quantitative estimate of drug-likeness (QED) is 0.406. The van der Waals surface area contributed by atoms with E-state index in [0.717, 1.165) is 47.7 Å². The molecule has 2 aliphatic rings. The molecule has 3 heterocycles. The lowest BCUT2D eigenvalue weighted by Crippen LogP contribution is -2.46. The summed E-state index contributed by atoms with van der Waals surface area (Å²) in [6.45, 7) is 2.53. The van der Waals surface area contributed by atoms with Gasteiger partial charge in [0.1, 0.15) is 0 Å². The van der Waals surface area contributed by atoms with Gasteiger partial charge in [0.2, 0.25) is 0 Å². The third-order valence-corrected chi connectivity index (χ3v) is 7.70. The van der Waals surface area contributed by atoms with Crippen molar-refractivity contribution in [2.24, 2.45) is 7.05 Å². The number of halogens is 1. The standard InChI is InChI=1S/C27H25ClN4O3/c1-29-22-9-8-18(28)16-23(22)32(27(29)35)19-10-12-30(13-11-19)14-15-31-25(33)20-6-2-4-17-5-3-7-21(24(17)20)26(31)34/h2-9,16,19H,10-15H2,1H3. The molecule has 6 rings (SSSR count). The molecule has 0 atom stereocenters. The number of imidazole rings is 1. The SMILES string of the molecule is Cn1c(=O)n(C2CCN(CCN3C(=O)c4cccc5cccc(c45)C3=O)CC2)c2cc(Cl)ccc21. The van der Waals surface area contributed by atoms with Crippen LogP contribution < -0.4 is 5.69 Å². The highest BCUT2D eigenvalue weighted by Crippen LogP contribution is 2.31. The predicted molar refractivity (Wildman–Crippen MR) is 136 cm³/mol. The molecule has 35 heavy (non-hydrogen) atoms. The van der Waals surface area contributed by atoms with Gasteiger partial charge in [0.05, 0.1) is 11.0 Å². The van der Waals surface area contributed by atoms with E-state index in [1.807, 2.05) is 41.0 Å². The second kappa shape index (κ2) is 8.36. The summed E-state index contributed by atoms with van der Waals surface area (Å²) in [5.41, 5.74) is 2.88. The number of amides is 2. The van der Waals surface area contributed by atoms with E-state index in [2.05, 4.69) is 4.90 Å². The second-order valence-corrected chi connectivity index (χ2v) is 9.83. The molecule has 3 aromatic carbocycles. The summed E-state index contributed by atoms with van der Waals surface area (Å²) >= 11 is 6.22. The second-order valence-electron chi connectivity index (χ2n) is 9.39. The number of imide groups is 1. The molecule has 0 aliphatic carbocycles. The maximum Gasteiger partial charge on any atom is 0.329 e. The van der Waals surface area contributed by atoms with Crippen LogP contribution in [0.3, 0.4) is 0 Å². The van der Waals surface area contributed by atoms with Crippen LogP contribution in [-0.2, 0) is 7.05 Å². The Morgan fingerprint density at radius 3 is 2.17 bits per heavy atom. The summed E-state index contributed by atoms with van der Waals surface area (Å²) in [5, 5.41) is 2.28. The van der Waals surface area contributed by atoms with E-state index < -0.39 is 0 Å². The number of aromatic nitrogens is 2. The Hall–Kier alpha value is -3.42. The molecule has 0 unspecified atom stereocenters. The first-order valence-electron chi connectivity index (χ1n) is 11.9. The van der Waals surface area contributed by atoms with Crippen LogP contribution in [0, 0.1) is 0 Å². The van der Waals surface area contributed by atoms with Crippen LogP contribution in [0.25, 0.3) is 21.8 Å². The van der Waals surface area contributed by atoms with E-state index >= 15 is 0 Å². The van der Waals surface area contributed by atoms with Gasteiger partial charge in [-0.3, -0.25) is 23.6 Å². The number of hydrogen-bond acceptors (Lipinski definition) is 4. The van der Waals surface area contributed by atoms with Crippen molar-refractivity contribution in [3.8, 4) is 0 Å². The molecule has 4 aromatic rings. The first-order chi connectivity index (χ1) is 16.9. The molecular formula is C27H25ClN4O3. The minimum Gasteiger partial charge on any atom is -0.301 e. The smallest absolute Gasteiger partial charge is 0.301 e. The number of nitrogens with zero attached hydrogens (tertiary/aromatic N) is 4. The summed E-state index contributed by atoms with van der Waals surface area (Å²) in [6.07, 6.45) is 1.63. The summed E-state index contributed by atoms with van der Waals surface area (Å²) in [4.78, 5) is 42.9. The Labute approximate surface area is 207 Å². The summed E-state index contributed by atoms with van der Waals surface area (Å²) in [5.74, 6) is -0.457. The molecule has 0 saturated carbocycles. The average molecular weight is 489 g/mol. The Bertz CT molecular complexity index is 1510. The van der Waals surface area contributed by atoms with Crippen LogP contribution in [0.1, 0.15) is 39.6 Å². The van der Waals surface area contributed by atoms with Crippen molar-refractivity contribution in [2.75, 3.05) is 26.2 Å². The van der Waals surface area contributed by atoms with Gasteiger partial charge in [-0.05, 0) is 48.6 Å². The average Bonchev–Trinajstić information content (AvgIpc) is 3.11. The van der Waals surface area contributed by atoms with E-state index in [4.69, 9.17) is 11.6 Å². The molecule has 178 valence electrons. The fraction of sp³-hybridized carbons (Fsp3) is 0.296. The van der Waals surface area contributed by atoms with Crippen LogP contribution >= 0.6 is 11.6 Å². The molecule has 0 spiro atoms. The number of carbonyl (C=O) groups excluding carboxylic acids is 2. The van der Waals surface area contributed by atoms with Crippen LogP contribution in [0.4, 0.5) is 0 Å². The largest absolute Gasteiger partial charge is 0.329 e. The van der Waals surface area contributed by atoms with Crippen molar-refractivity contribution >= 4 is 45.2 Å². The van der Waals surface area contributed by atoms with Gasteiger partial charge in [0.15, 0.2) is 0 Å². The summed E-state index contributed by atoms with van der Waals surface area (Å²) in [6, 6.07) is 16.8. The van der Waals surface area contributed by atoms with Gasteiger partial charge in [-0.2, -0.15) is 0 Å². The lowest BCUT2D eigenvalue weighted by atomic mass is 9.94. The third-order valence-electron chi connectivity index (χ3n) is 7.47. The summed E-state index contributed by atoms with van der Waals surface area (Å²) in [7, 11) is 1.79. The number of aryl methyl sites for hydroxylation is 1. The fourth-order valence-electron chi connectivity index (χ4n) is 5.62. The number of hydrogen-bond donors (Lipinski definition) is 0. The lowest BCUT2D eigenvalue weighted by Gasteiger charge is -2.34. The van der Waals surface area contributed by atoms with Crippen molar-refractivity contribution in [3.63, 3.8) is 0 Å². The Balaban J connectivity index is 1.16. The van der Waals surface area contributed by atoms with Crippen molar-refractivity contribution < 1.29 is 9.59 Å². The molecule has 8 heteroatoms. The first kappa shape index (κ1) is 22.1. The van der Waals surface area contributed by atoms with Gasteiger partial charge in [-0.1, -0.05) is 35.9 Å². The maximum absolute atomic E-state index is 13.2. The topological polar surface area (TPSA) is 67.6 Å². The first-order valence-corrected chi connectivity index (χ1v) is 12.3. The number of carbonyl (C=O) groups is 2. The number of fused-ring (bicyclic) bond motifs is 1. The van der Waals surface area contributed by atoms with Crippen molar-refractivity contribution in [3.05, 3.63) is 81.2 Å². The van der Waals surface area contributed by atoms with Gasteiger partial charge in [0.25, 0.3) is 11.8 Å². The Kier molecular flexibility index (Phi) is 5.27. The maximum atomic E-state index is 13.2. The van der Waals surface area contributed by atoms with E-state index in [1.165, 1.54) is 4.90 Å². The third kappa shape index (κ3) is 3.49. The molecule has 2 aliphatic heterocycles. The molecular weight excluding hydrogens is 464 g/mol. The highest BCUT2D eigenvalue weighted by molar-refractivity contribution is 6.31. The van der Waals surface area contributed by atoms with E-state index in [0.29, 0.717) is 29.2 Å². The van der Waals surface area contributed by atoms with E-state index in [-0.39, 0.29) is 23.5 Å². The zero-order valence-corrected chi connectivity index (χ0v) is 20.2. The molecule has 1 fully saturated rings. The zero-order chi connectivity index (χ0) is 24.3. The molecule has 2 amide bonds. The zero-order valence-electron chi connectivity index (χ0n) is 19.4. The highest BCUT2D eigenvalue weighted by Gasteiger charge is 2.33. The minimum atomic E-state index is -0.228. The Morgan fingerprint density at radius 1 is 0.857 bits per heavy atom. The van der Waals surface area contributed by atoms with Crippen LogP contribution in [0.15, 0.2) is 59.4 Å². The molecule has 0 N–H and O–H groups in total. The van der Waals surface area contributed by atoms with Gasteiger partial charge < -0.3 is 4.90 Å². The number of likely N-dealkylation sites (tertiary alicyclic amines) is 1. The fourth-order valence-corrected chi connectivity index (χ4v) is 5.79. The van der Waals surface area contributed by atoms with E-state index in [1.54, 1.807) is 29.8 Å². The van der Waals surface area contributed by atoms with Crippen molar-refractivity contribution in [1.82, 2.24) is 18.9 Å². The van der Waals surface area contributed by atoms with Crippen molar-refractivity contribution in [1.29, 1.82) is 0 Å². The van der Waals surface area contributed by atoms with Crippen LogP contribution in [0.2, 0.25) is 5.02 Å². The molecule has 0 bridgehead atoms. The predicted octanol–water partition coefficient (Wildman–Crippen LogP) is 4.08. The molecule has 7 nitrogen and oxygen atoms in total. The van der Waals surface area contributed by atoms with Gasteiger partial charge in [-0.25, -0.2) is 4.79 Å². The highest BCUT2D eigenvalue weighted by atomic mass is 35.5. The van der Waals surface area contributed by atoms with Gasteiger partial charge >= 0.3 is 5.69 Å². The Morgan fingerprint density at radius 2 is 1.51 bits per heavy atom. The normalized spacial score (nSPS) is 17.1.